The molecule has 1 saturated heterocycles. The van der Waals surface area contributed by atoms with Gasteiger partial charge >= 0.3 is 0 Å². The van der Waals surface area contributed by atoms with Crippen molar-refractivity contribution in [1.82, 2.24) is 15.0 Å². The lowest BCUT2D eigenvalue weighted by atomic mass is 9.87. The summed E-state index contributed by atoms with van der Waals surface area (Å²) in [6.45, 7) is 7.48. The van der Waals surface area contributed by atoms with Gasteiger partial charge in [-0.2, -0.15) is 0 Å². The van der Waals surface area contributed by atoms with E-state index in [-0.39, 0.29) is 5.78 Å². The van der Waals surface area contributed by atoms with Crippen LogP contribution in [0.4, 0.5) is 5.69 Å². The predicted octanol–water partition coefficient (Wildman–Crippen LogP) is 3.83. The van der Waals surface area contributed by atoms with Crippen molar-refractivity contribution in [3.63, 3.8) is 0 Å². The van der Waals surface area contributed by atoms with E-state index in [0.717, 1.165) is 43.4 Å². The average molecular weight is 457 g/mol. The molecule has 0 amide bonds. The Hall–Kier alpha value is -2.94. The van der Waals surface area contributed by atoms with Crippen LogP contribution in [0.1, 0.15) is 44.0 Å². The maximum atomic E-state index is 12.9. The molecular formula is C23H28N4O4S. The van der Waals surface area contributed by atoms with E-state index in [4.69, 9.17) is 9.72 Å². The number of nitrogens with zero attached hydrogens (tertiary/aromatic N) is 3. The molecule has 0 bridgehead atoms. The lowest BCUT2D eigenvalue weighted by molar-refractivity contribution is 0.0860. The molecule has 0 saturated carbocycles. The van der Waals surface area contributed by atoms with Crippen molar-refractivity contribution < 1.29 is 17.9 Å². The van der Waals surface area contributed by atoms with E-state index in [0.29, 0.717) is 28.2 Å². The van der Waals surface area contributed by atoms with E-state index < -0.39 is 21.2 Å². The number of benzene rings is 1. The number of nitrogens with one attached hydrogen (secondary N) is 1. The molecule has 32 heavy (non-hydrogen) atoms. The maximum Gasteiger partial charge on any atom is 0.188 e. The van der Waals surface area contributed by atoms with Gasteiger partial charge in [0.15, 0.2) is 27.2 Å². The molecule has 1 aliphatic heterocycles. The highest BCUT2D eigenvalue weighted by atomic mass is 32.2. The Morgan fingerprint density at radius 1 is 1.19 bits per heavy atom. The van der Waals surface area contributed by atoms with Crippen molar-refractivity contribution in [2.75, 3.05) is 30.2 Å². The Balaban J connectivity index is 1.78. The van der Waals surface area contributed by atoms with Crippen LogP contribution in [-0.4, -0.2) is 54.4 Å². The number of anilines is 1. The second-order valence-electron chi connectivity index (χ2n) is 9.33. The summed E-state index contributed by atoms with van der Waals surface area (Å²) < 4.78 is 28.8. The SMILES string of the molecule is CC(C)(C)C(=O)c1c[nH]c2ncc(-c3cc(OCS(C)(=O)=O)cc(N4CCCC4)c3)nc12. The van der Waals surface area contributed by atoms with Crippen LogP contribution in [0.2, 0.25) is 0 Å². The number of aromatic amines is 1. The third-order valence-corrected chi connectivity index (χ3v) is 5.95. The number of carbonyl (C=O) groups excluding carboxylic acids is 1. The molecule has 1 fully saturated rings. The van der Waals surface area contributed by atoms with Crippen LogP contribution in [0.15, 0.2) is 30.6 Å². The summed E-state index contributed by atoms with van der Waals surface area (Å²) in [5, 5.41) is 0. The Morgan fingerprint density at radius 2 is 1.91 bits per heavy atom. The molecule has 3 aromatic rings. The van der Waals surface area contributed by atoms with Gasteiger partial charge in [0.2, 0.25) is 0 Å². The standard InChI is InChI=1S/C23H28N4O4S/c1-23(2,3)21(28)18-12-24-22-20(18)26-19(13-25-22)15-9-16(27-7-5-6-8-27)11-17(10-15)31-14-32(4,29)30/h9-13H,5-8,14H2,1-4H3,(H,24,25). The fourth-order valence-corrected chi connectivity index (χ4v) is 4.11. The van der Waals surface area contributed by atoms with Crippen LogP contribution < -0.4 is 9.64 Å². The highest BCUT2D eigenvalue weighted by Gasteiger charge is 2.26. The molecule has 2 aromatic heterocycles. The second kappa shape index (κ2) is 8.20. The van der Waals surface area contributed by atoms with Gasteiger partial charge in [-0.05, 0) is 25.0 Å². The summed E-state index contributed by atoms with van der Waals surface area (Å²) in [6, 6.07) is 5.63. The van der Waals surface area contributed by atoms with Crippen LogP contribution in [0.25, 0.3) is 22.4 Å². The first-order valence-electron chi connectivity index (χ1n) is 10.6. The third kappa shape index (κ3) is 4.77. The summed E-state index contributed by atoms with van der Waals surface area (Å²) in [5.74, 6) is 0.0396. The van der Waals surface area contributed by atoms with Gasteiger partial charge < -0.3 is 14.6 Å². The second-order valence-corrected chi connectivity index (χ2v) is 11.4. The summed E-state index contributed by atoms with van der Waals surface area (Å²) in [5.41, 5.74) is 3.32. The van der Waals surface area contributed by atoms with Crippen molar-refractivity contribution >= 4 is 32.5 Å². The molecule has 9 heteroatoms. The van der Waals surface area contributed by atoms with Gasteiger partial charge in [-0.1, -0.05) is 20.8 Å². The number of H-pyrrole nitrogens is 1. The summed E-state index contributed by atoms with van der Waals surface area (Å²) in [7, 11) is -3.29. The smallest absolute Gasteiger partial charge is 0.188 e. The first-order chi connectivity index (χ1) is 15.0. The van der Waals surface area contributed by atoms with Crippen molar-refractivity contribution in [2.24, 2.45) is 5.41 Å². The molecule has 0 spiro atoms. The van der Waals surface area contributed by atoms with Crippen LogP contribution in [0.3, 0.4) is 0 Å². The van der Waals surface area contributed by atoms with Crippen molar-refractivity contribution in [3.8, 4) is 17.0 Å². The van der Waals surface area contributed by atoms with E-state index in [9.17, 15) is 13.2 Å². The molecule has 8 nitrogen and oxygen atoms in total. The number of ether oxygens (including phenoxy) is 1. The first-order valence-corrected chi connectivity index (χ1v) is 12.7. The Kier molecular flexibility index (Phi) is 5.70. The molecule has 1 aliphatic rings. The molecule has 0 atom stereocenters. The van der Waals surface area contributed by atoms with Crippen LogP contribution in [0, 0.1) is 5.41 Å². The van der Waals surface area contributed by atoms with Gasteiger partial charge in [-0.15, -0.1) is 0 Å². The number of carbonyl (C=O) groups is 1. The van der Waals surface area contributed by atoms with E-state index in [1.54, 1.807) is 18.5 Å². The van der Waals surface area contributed by atoms with E-state index in [1.165, 1.54) is 0 Å². The fourth-order valence-electron chi connectivity index (χ4n) is 3.76. The van der Waals surface area contributed by atoms with Gasteiger partial charge in [0, 0.05) is 48.3 Å². The van der Waals surface area contributed by atoms with E-state index in [2.05, 4.69) is 14.9 Å². The van der Waals surface area contributed by atoms with Crippen molar-refractivity contribution in [2.45, 2.75) is 33.6 Å². The molecular weight excluding hydrogens is 428 g/mol. The summed E-state index contributed by atoms with van der Waals surface area (Å²) in [6.07, 6.45) is 6.66. The van der Waals surface area contributed by atoms with Crippen LogP contribution in [-0.2, 0) is 9.84 Å². The fraction of sp³-hybridized carbons (Fsp3) is 0.435. The first kappa shape index (κ1) is 22.3. The lowest BCUT2D eigenvalue weighted by Crippen LogP contribution is -2.20. The van der Waals surface area contributed by atoms with Gasteiger partial charge in [-0.3, -0.25) is 4.79 Å². The number of fused-ring (bicyclic) bond motifs is 1. The number of hydrogen-bond acceptors (Lipinski definition) is 7. The Morgan fingerprint density at radius 3 is 2.56 bits per heavy atom. The average Bonchev–Trinajstić information content (AvgIpc) is 3.40. The number of Topliss-reactive ketones (excluding diaryl/α,β-unsaturated/α-hetero) is 1. The number of ketones is 1. The van der Waals surface area contributed by atoms with Crippen molar-refractivity contribution in [3.05, 3.63) is 36.2 Å². The largest absolute Gasteiger partial charge is 0.478 e. The molecule has 1 N–H and O–H groups in total. The summed E-state index contributed by atoms with van der Waals surface area (Å²) >= 11 is 0. The zero-order valence-corrected chi connectivity index (χ0v) is 19.6. The molecule has 0 radical (unpaired) electrons. The Bertz CT molecular complexity index is 1270. The topological polar surface area (TPSA) is 105 Å². The van der Waals surface area contributed by atoms with E-state index >= 15 is 0 Å². The third-order valence-electron chi connectivity index (χ3n) is 5.40. The van der Waals surface area contributed by atoms with Crippen molar-refractivity contribution in [1.29, 1.82) is 0 Å². The minimum atomic E-state index is -3.29. The molecule has 4 rings (SSSR count). The minimum Gasteiger partial charge on any atom is -0.478 e. The maximum absolute atomic E-state index is 12.9. The van der Waals surface area contributed by atoms with Gasteiger partial charge in [0.1, 0.15) is 11.3 Å². The molecule has 1 aromatic carbocycles. The highest BCUT2D eigenvalue weighted by Crippen LogP contribution is 2.33. The number of rotatable bonds is 6. The number of hydrogen-bond donors (Lipinski definition) is 1. The number of aromatic nitrogens is 3. The van der Waals surface area contributed by atoms with E-state index in [1.807, 2.05) is 32.9 Å². The molecule has 3 heterocycles. The molecule has 0 aliphatic carbocycles. The normalized spacial score (nSPS) is 14.8. The lowest BCUT2D eigenvalue weighted by Gasteiger charge is -2.20. The zero-order valence-electron chi connectivity index (χ0n) is 18.8. The predicted molar refractivity (Wildman–Crippen MR) is 125 cm³/mol. The quantitative estimate of drug-likeness (QED) is 0.562. The van der Waals surface area contributed by atoms with Gasteiger partial charge in [0.05, 0.1) is 17.5 Å². The van der Waals surface area contributed by atoms with Crippen LogP contribution >= 0.6 is 0 Å². The highest BCUT2D eigenvalue weighted by molar-refractivity contribution is 7.90. The number of sulfone groups is 1. The zero-order chi connectivity index (χ0) is 23.1. The molecule has 0 unspecified atom stereocenters. The Labute approximate surface area is 187 Å². The van der Waals surface area contributed by atoms with Crippen LogP contribution in [0.5, 0.6) is 5.75 Å². The monoisotopic (exact) mass is 456 g/mol. The summed E-state index contributed by atoms with van der Waals surface area (Å²) in [4.78, 5) is 27.4. The minimum absolute atomic E-state index is 0.0156. The van der Waals surface area contributed by atoms with Gasteiger partial charge in [0.25, 0.3) is 0 Å². The molecule has 170 valence electrons. The van der Waals surface area contributed by atoms with Gasteiger partial charge in [-0.25, -0.2) is 18.4 Å².